The Morgan fingerprint density at radius 2 is 1.90 bits per heavy atom. The summed E-state index contributed by atoms with van der Waals surface area (Å²) in [6.45, 7) is 0. The average Bonchev–Trinajstić information content (AvgIpc) is 2.51. The van der Waals surface area contributed by atoms with Crippen molar-refractivity contribution >= 4 is 26.8 Å². The molecule has 2 nitrogen and oxygen atoms in total. The molecule has 0 aliphatic rings. The van der Waals surface area contributed by atoms with E-state index in [0.29, 0.717) is 5.56 Å². The summed E-state index contributed by atoms with van der Waals surface area (Å²) in [5.74, 6) is -0.232. The molecule has 4 heteroatoms. The molecule has 21 heavy (non-hydrogen) atoms. The molecule has 0 fully saturated rings. The molecule has 3 aromatic rings. The fourth-order valence-corrected chi connectivity index (χ4v) is 3.19. The second kappa shape index (κ2) is 5.92. The van der Waals surface area contributed by atoms with E-state index in [-0.39, 0.29) is 11.9 Å². The van der Waals surface area contributed by atoms with E-state index in [0.717, 1.165) is 20.9 Å². The van der Waals surface area contributed by atoms with Gasteiger partial charge in [0.1, 0.15) is 5.82 Å². The molecule has 106 valence electrons. The average molecular weight is 345 g/mol. The third-order valence-corrected chi connectivity index (χ3v) is 4.26. The predicted octanol–water partition coefficient (Wildman–Crippen LogP) is 4.45. The SMILES string of the molecule is CNC(c1c(F)cccc1Br)c1cccc2ncccc12. The molecule has 0 amide bonds. The van der Waals surface area contributed by atoms with Gasteiger partial charge < -0.3 is 5.32 Å². The molecule has 0 saturated heterocycles. The largest absolute Gasteiger partial charge is 0.309 e. The highest BCUT2D eigenvalue weighted by atomic mass is 79.9. The molecule has 0 spiro atoms. The minimum atomic E-state index is -0.242. The molecule has 1 heterocycles. The number of rotatable bonds is 3. The van der Waals surface area contributed by atoms with Gasteiger partial charge in [0.05, 0.1) is 11.6 Å². The van der Waals surface area contributed by atoms with Crippen LogP contribution in [0.2, 0.25) is 0 Å². The summed E-state index contributed by atoms with van der Waals surface area (Å²) in [6, 6.07) is 14.6. The Morgan fingerprint density at radius 1 is 1.10 bits per heavy atom. The third-order valence-electron chi connectivity index (χ3n) is 3.57. The van der Waals surface area contributed by atoms with Crippen LogP contribution < -0.4 is 5.32 Å². The first kappa shape index (κ1) is 14.2. The number of halogens is 2. The summed E-state index contributed by atoms with van der Waals surface area (Å²) in [7, 11) is 1.83. The molecule has 1 atom stereocenters. The molecule has 0 radical (unpaired) electrons. The zero-order valence-corrected chi connectivity index (χ0v) is 13.1. The van der Waals surface area contributed by atoms with Gasteiger partial charge in [-0.2, -0.15) is 0 Å². The van der Waals surface area contributed by atoms with E-state index in [2.05, 4.69) is 26.2 Å². The van der Waals surface area contributed by atoms with Crippen LogP contribution in [0, 0.1) is 5.82 Å². The smallest absolute Gasteiger partial charge is 0.129 e. The van der Waals surface area contributed by atoms with Crippen LogP contribution in [0.4, 0.5) is 4.39 Å². The molecule has 1 N–H and O–H groups in total. The van der Waals surface area contributed by atoms with Crippen LogP contribution in [0.15, 0.2) is 59.2 Å². The lowest BCUT2D eigenvalue weighted by molar-refractivity contribution is 0.575. The van der Waals surface area contributed by atoms with Crippen molar-refractivity contribution in [2.45, 2.75) is 6.04 Å². The van der Waals surface area contributed by atoms with Crippen LogP contribution in [0.1, 0.15) is 17.2 Å². The van der Waals surface area contributed by atoms with Crippen LogP contribution in [0.25, 0.3) is 10.9 Å². The molecule has 0 aliphatic carbocycles. The van der Waals surface area contributed by atoms with E-state index in [4.69, 9.17) is 0 Å². The van der Waals surface area contributed by atoms with Crippen molar-refractivity contribution in [3.8, 4) is 0 Å². The van der Waals surface area contributed by atoms with Crippen LogP contribution in [-0.4, -0.2) is 12.0 Å². The highest BCUT2D eigenvalue weighted by Crippen LogP contribution is 2.33. The number of hydrogen-bond donors (Lipinski definition) is 1. The van der Waals surface area contributed by atoms with Gasteiger partial charge in [-0.3, -0.25) is 4.98 Å². The standard InChI is InChI=1S/C17H14BrFN2/c1-20-17(16-13(18)7-3-8-14(16)19)12-5-2-9-15-11(12)6-4-10-21-15/h2-10,17,20H,1H3. The molecule has 1 aromatic heterocycles. The lowest BCUT2D eigenvalue weighted by Gasteiger charge is -2.21. The van der Waals surface area contributed by atoms with Gasteiger partial charge in [0.15, 0.2) is 0 Å². The topological polar surface area (TPSA) is 24.9 Å². The molecule has 2 aromatic carbocycles. The predicted molar refractivity (Wildman–Crippen MR) is 86.7 cm³/mol. The van der Waals surface area contributed by atoms with E-state index in [1.165, 1.54) is 6.07 Å². The second-order valence-electron chi connectivity index (χ2n) is 4.77. The van der Waals surface area contributed by atoms with Crippen molar-refractivity contribution in [3.05, 3.63) is 76.1 Å². The van der Waals surface area contributed by atoms with Crippen LogP contribution in [0.5, 0.6) is 0 Å². The number of fused-ring (bicyclic) bond motifs is 1. The maximum atomic E-state index is 14.3. The van der Waals surface area contributed by atoms with Crippen molar-refractivity contribution < 1.29 is 4.39 Å². The van der Waals surface area contributed by atoms with E-state index in [1.807, 2.05) is 43.4 Å². The Bertz CT molecular complexity index is 763. The first-order valence-corrected chi connectivity index (χ1v) is 7.46. The van der Waals surface area contributed by atoms with Crippen molar-refractivity contribution in [1.29, 1.82) is 0 Å². The molecule has 0 saturated carbocycles. The summed E-state index contributed by atoms with van der Waals surface area (Å²) in [6.07, 6.45) is 1.76. The number of benzene rings is 2. The minimum absolute atomic E-state index is 0.232. The van der Waals surface area contributed by atoms with Crippen molar-refractivity contribution in [2.75, 3.05) is 7.05 Å². The quantitative estimate of drug-likeness (QED) is 0.759. The summed E-state index contributed by atoms with van der Waals surface area (Å²) >= 11 is 3.45. The van der Waals surface area contributed by atoms with Crippen molar-refractivity contribution in [1.82, 2.24) is 10.3 Å². The first-order valence-electron chi connectivity index (χ1n) is 6.67. The summed E-state index contributed by atoms with van der Waals surface area (Å²) in [5, 5.41) is 4.23. The Hall–Kier alpha value is -1.78. The maximum Gasteiger partial charge on any atom is 0.129 e. The van der Waals surface area contributed by atoms with Crippen molar-refractivity contribution in [3.63, 3.8) is 0 Å². The number of aromatic nitrogens is 1. The minimum Gasteiger partial charge on any atom is -0.309 e. The molecule has 1 unspecified atom stereocenters. The second-order valence-corrected chi connectivity index (χ2v) is 5.63. The van der Waals surface area contributed by atoms with Gasteiger partial charge in [-0.15, -0.1) is 0 Å². The Morgan fingerprint density at radius 3 is 2.67 bits per heavy atom. The fraction of sp³-hybridized carbons (Fsp3) is 0.118. The van der Waals surface area contributed by atoms with E-state index >= 15 is 0 Å². The van der Waals surface area contributed by atoms with Crippen LogP contribution >= 0.6 is 15.9 Å². The van der Waals surface area contributed by atoms with Crippen LogP contribution in [0.3, 0.4) is 0 Å². The van der Waals surface area contributed by atoms with Crippen LogP contribution in [-0.2, 0) is 0 Å². The van der Waals surface area contributed by atoms with Gasteiger partial charge >= 0.3 is 0 Å². The van der Waals surface area contributed by atoms with E-state index in [9.17, 15) is 4.39 Å². The Kier molecular flexibility index (Phi) is 3.99. The summed E-state index contributed by atoms with van der Waals surface area (Å²) in [5.41, 5.74) is 2.52. The highest BCUT2D eigenvalue weighted by molar-refractivity contribution is 9.10. The molecular weight excluding hydrogens is 331 g/mol. The lowest BCUT2D eigenvalue weighted by atomic mass is 9.95. The first-order chi connectivity index (χ1) is 10.2. The lowest BCUT2D eigenvalue weighted by Crippen LogP contribution is -2.20. The molecule has 0 bridgehead atoms. The zero-order chi connectivity index (χ0) is 14.8. The monoisotopic (exact) mass is 344 g/mol. The summed E-state index contributed by atoms with van der Waals surface area (Å²) in [4.78, 5) is 4.36. The number of nitrogens with one attached hydrogen (secondary N) is 1. The van der Waals surface area contributed by atoms with E-state index < -0.39 is 0 Å². The third kappa shape index (κ3) is 2.57. The van der Waals surface area contributed by atoms with Gasteiger partial charge in [-0.05, 0) is 36.9 Å². The molecule has 0 aliphatic heterocycles. The Balaban J connectivity index is 2.24. The number of pyridine rings is 1. The van der Waals surface area contributed by atoms with Gasteiger partial charge in [0.25, 0.3) is 0 Å². The fourth-order valence-electron chi connectivity index (χ4n) is 2.62. The van der Waals surface area contributed by atoms with Crippen molar-refractivity contribution in [2.24, 2.45) is 0 Å². The van der Waals surface area contributed by atoms with Gasteiger partial charge in [-0.25, -0.2) is 4.39 Å². The molecule has 3 rings (SSSR count). The zero-order valence-electron chi connectivity index (χ0n) is 11.5. The van der Waals surface area contributed by atoms with E-state index in [1.54, 1.807) is 12.3 Å². The Labute approximate surface area is 131 Å². The van der Waals surface area contributed by atoms with Gasteiger partial charge in [0, 0.05) is 21.6 Å². The van der Waals surface area contributed by atoms with Gasteiger partial charge in [-0.1, -0.05) is 40.2 Å². The number of nitrogens with zero attached hydrogens (tertiary/aromatic N) is 1. The molecular formula is C17H14BrFN2. The van der Waals surface area contributed by atoms with Gasteiger partial charge in [0.2, 0.25) is 0 Å². The summed E-state index contributed by atoms with van der Waals surface area (Å²) < 4.78 is 15.0. The normalized spacial score (nSPS) is 12.5. The maximum absolute atomic E-state index is 14.3. The highest BCUT2D eigenvalue weighted by Gasteiger charge is 2.20. The number of hydrogen-bond acceptors (Lipinski definition) is 2.